The fourth-order valence-electron chi connectivity index (χ4n) is 6.28. The zero-order valence-electron chi connectivity index (χ0n) is 21.4. The van der Waals surface area contributed by atoms with Crippen LogP contribution in [0, 0.1) is 0 Å². The first-order chi connectivity index (χ1) is 19.8. The van der Waals surface area contributed by atoms with Crippen molar-refractivity contribution in [2.75, 3.05) is 0 Å². The summed E-state index contributed by atoms with van der Waals surface area (Å²) in [4.78, 5) is 10.4. The van der Waals surface area contributed by atoms with Gasteiger partial charge in [0.05, 0.1) is 22.2 Å². The van der Waals surface area contributed by atoms with Crippen LogP contribution in [0.5, 0.6) is 0 Å². The molecule has 6 aromatic carbocycles. The lowest BCUT2D eigenvalue weighted by Gasteiger charge is -2.12. The highest BCUT2D eigenvalue weighted by atomic mass is 16.3. The molecule has 0 saturated carbocycles. The Labute approximate surface area is 228 Å². The maximum Gasteiger partial charge on any atom is 0.235 e. The van der Waals surface area contributed by atoms with Crippen molar-refractivity contribution >= 4 is 65.4 Å². The standard InChI is InChI=1S/C36H21N3O/c1-2-10-22(11-3-1)34-27-13-4-7-15-29(27)37-36(38-34)39-30-16-8-5-12-23(30)25-19-18-24-26(35(25)39)20-21-32-33(24)28-14-6-9-17-31(28)40-32/h1-21H. The third-order valence-corrected chi connectivity index (χ3v) is 8.01. The van der Waals surface area contributed by atoms with Crippen molar-refractivity contribution < 1.29 is 4.42 Å². The monoisotopic (exact) mass is 511 g/mol. The largest absolute Gasteiger partial charge is 0.456 e. The predicted octanol–water partition coefficient (Wildman–Crippen LogP) is 9.45. The van der Waals surface area contributed by atoms with E-state index >= 15 is 0 Å². The second kappa shape index (κ2) is 8.01. The summed E-state index contributed by atoms with van der Waals surface area (Å²) >= 11 is 0. The van der Waals surface area contributed by atoms with Crippen molar-refractivity contribution in [2.45, 2.75) is 0 Å². The Morgan fingerprint density at radius 1 is 0.475 bits per heavy atom. The molecule has 0 unspecified atom stereocenters. The van der Waals surface area contributed by atoms with Gasteiger partial charge in [0, 0.05) is 37.9 Å². The van der Waals surface area contributed by atoms with E-state index in [0.29, 0.717) is 5.95 Å². The summed E-state index contributed by atoms with van der Waals surface area (Å²) in [6, 6.07) is 44.1. The van der Waals surface area contributed by atoms with E-state index < -0.39 is 0 Å². The highest BCUT2D eigenvalue weighted by Gasteiger charge is 2.20. The van der Waals surface area contributed by atoms with Crippen LogP contribution >= 0.6 is 0 Å². The molecule has 3 heterocycles. The molecule has 0 amide bonds. The minimum absolute atomic E-state index is 0.661. The van der Waals surface area contributed by atoms with Gasteiger partial charge in [-0.25, -0.2) is 9.97 Å². The fraction of sp³-hybridized carbons (Fsp3) is 0. The van der Waals surface area contributed by atoms with Crippen LogP contribution < -0.4 is 0 Å². The second-order valence-electron chi connectivity index (χ2n) is 10.2. The molecule has 0 N–H and O–H groups in total. The molecule has 0 radical (unpaired) electrons. The van der Waals surface area contributed by atoms with Gasteiger partial charge in [-0.3, -0.25) is 4.57 Å². The van der Waals surface area contributed by atoms with Crippen molar-refractivity contribution in [3.63, 3.8) is 0 Å². The van der Waals surface area contributed by atoms with Crippen LogP contribution in [0.1, 0.15) is 0 Å². The Bertz CT molecular complexity index is 2430. The minimum Gasteiger partial charge on any atom is -0.456 e. The summed E-state index contributed by atoms with van der Waals surface area (Å²) < 4.78 is 8.46. The van der Waals surface area contributed by atoms with Gasteiger partial charge in [0.15, 0.2) is 0 Å². The van der Waals surface area contributed by atoms with E-state index in [-0.39, 0.29) is 0 Å². The molecule has 3 aromatic heterocycles. The van der Waals surface area contributed by atoms with E-state index in [2.05, 4.69) is 102 Å². The van der Waals surface area contributed by atoms with Crippen LogP contribution in [-0.2, 0) is 0 Å². The number of nitrogens with zero attached hydrogens (tertiary/aromatic N) is 3. The van der Waals surface area contributed by atoms with Crippen molar-refractivity contribution in [2.24, 2.45) is 0 Å². The Hall–Kier alpha value is -5.48. The maximum atomic E-state index is 6.23. The Kier molecular flexibility index (Phi) is 4.30. The zero-order valence-corrected chi connectivity index (χ0v) is 21.4. The topological polar surface area (TPSA) is 43.9 Å². The van der Waals surface area contributed by atoms with E-state index in [1.165, 1.54) is 10.8 Å². The Morgan fingerprint density at radius 2 is 1.15 bits per heavy atom. The first kappa shape index (κ1) is 21.5. The molecule has 0 fully saturated rings. The molecular weight excluding hydrogens is 490 g/mol. The zero-order chi connectivity index (χ0) is 26.2. The molecule has 0 bridgehead atoms. The number of para-hydroxylation sites is 3. The van der Waals surface area contributed by atoms with Crippen LogP contribution in [0.3, 0.4) is 0 Å². The lowest BCUT2D eigenvalue weighted by atomic mass is 10.0. The fourth-order valence-corrected chi connectivity index (χ4v) is 6.28. The number of hydrogen-bond acceptors (Lipinski definition) is 3. The van der Waals surface area contributed by atoms with Gasteiger partial charge in [-0.15, -0.1) is 0 Å². The lowest BCUT2D eigenvalue weighted by molar-refractivity contribution is 0.669. The van der Waals surface area contributed by atoms with E-state index in [4.69, 9.17) is 14.4 Å². The average molecular weight is 512 g/mol. The summed E-state index contributed by atoms with van der Waals surface area (Å²) in [5, 5.41) is 7.95. The molecule has 0 aliphatic carbocycles. The molecule has 9 aromatic rings. The predicted molar refractivity (Wildman–Crippen MR) is 164 cm³/mol. The normalized spacial score (nSPS) is 12.0. The maximum absolute atomic E-state index is 6.23. The third kappa shape index (κ3) is 2.90. The first-order valence-electron chi connectivity index (χ1n) is 13.4. The van der Waals surface area contributed by atoms with Crippen LogP contribution in [0.15, 0.2) is 132 Å². The van der Waals surface area contributed by atoms with E-state index in [0.717, 1.165) is 65.9 Å². The van der Waals surface area contributed by atoms with Gasteiger partial charge in [-0.05, 0) is 35.7 Å². The molecule has 4 nitrogen and oxygen atoms in total. The summed E-state index contributed by atoms with van der Waals surface area (Å²) in [5.74, 6) is 0.661. The van der Waals surface area contributed by atoms with Gasteiger partial charge < -0.3 is 4.42 Å². The van der Waals surface area contributed by atoms with Crippen molar-refractivity contribution in [1.82, 2.24) is 14.5 Å². The molecule has 0 atom stereocenters. The number of fused-ring (bicyclic) bond motifs is 10. The first-order valence-corrected chi connectivity index (χ1v) is 13.4. The number of benzene rings is 6. The molecule has 186 valence electrons. The average Bonchev–Trinajstić information content (AvgIpc) is 3.57. The molecule has 0 aliphatic rings. The van der Waals surface area contributed by atoms with E-state index in [1.54, 1.807) is 0 Å². The minimum atomic E-state index is 0.661. The molecule has 0 spiro atoms. The Balaban J connectivity index is 1.47. The van der Waals surface area contributed by atoms with Gasteiger partial charge in [-0.1, -0.05) is 97.1 Å². The van der Waals surface area contributed by atoms with Crippen molar-refractivity contribution in [3.8, 4) is 17.2 Å². The van der Waals surface area contributed by atoms with Crippen molar-refractivity contribution in [1.29, 1.82) is 0 Å². The molecule has 9 rings (SSSR count). The SMILES string of the molecule is c1ccc(-c2nc(-n3c4ccccc4c4ccc5c(ccc6oc7ccccc7c65)c43)nc3ccccc23)cc1. The van der Waals surface area contributed by atoms with E-state index in [1.807, 2.05) is 30.3 Å². The van der Waals surface area contributed by atoms with E-state index in [9.17, 15) is 0 Å². The molecule has 4 heteroatoms. The highest BCUT2D eigenvalue weighted by Crippen LogP contribution is 2.41. The summed E-state index contributed by atoms with van der Waals surface area (Å²) in [6.07, 6.45) is 0. The molecular formula is C36H21N3O. The summed E-state index contributed by atoms with van der Waals surface area (Å²) in [7, 11) is 0. The second-order valence-corrected chi connectivity index (χ2v) is 10.2. The van der Waals surface area contributed by atoms with Gasteiger partial charge >= 0.3 is 0 Å². The van der Waals surface area contributed by atoms with Crippen LogP contribution in [0.25, 0.3) is 82.6 Å². The Morgan fingerprint density at radius 3 is 2.05 bits per heavy atom. The van der Waals surface area contributed by atoms with Gasteiger partial charge in [0.1, 0.15) is 11.2 Å². The summed E-state index contributed by atoms with van der Waals surface area (Å²) in [5.41, 5.74) is 6.88. The third-order valence-electron chi connectivity index (χ3n) is 8.01. The highest BCUT2D eigenvalue weighted by molar-refractivity contribution is 6.26. The van der Waals surface area contributed by atoms with Crippen LogP contribution in [0.4, 0.5) is 0 Å². The molecule has 0 saturated heterocycles. The summed E-state index contributed by atoms with van der Waals surface area (Å²) in [6.45, 7) is 0. The number of rotatable bonds is 2. The molecule has 40 heavy (non-hydrogen) atoms. The number of hydrogen-bond donors (Lipinski definition) is 0. The lowest BCUT2D eigenvalue weighted by Crippen LogP contribution is -2.03. The number of aromatic nitrogens is 3. The van der Waals surface area contributed by atoms with Crippen LogP contribution in [0.2, 0.25) is 0 Å². The quantitative estimate of drug-likeness (QED) is 0.232. The van der Waals surface area contributed by atoms with Crippen LogP contribution in [-0.4, -0.2) is 14.5 Å². The van der Waals surface area contributed by atoms with Crippen molar-refractivity contribution in [3.05, 3.63) is 127 Å². The van der Waals surface area contributed by atoms with Gasteiger partial charge in [0.2, 0.25) is 5.95 Å². The molecule has 0 aliphatic heterocycles. The smallest absolute Gasteiger partial charge is 0.235 e. The van der Waals surface area contributed by atoms with Gasteiger partial charge in [-0.2, -0.15) is 0 Å². The number of furan rings is 1. The van der Waals surface area contributed by atoms with Gasteiger partial charge in [0.25, 0.3) is 0 Å².